The second-order valence-corrected chi connectivity index (χ2v) is 7.17. The SMILES string of the molecule is O=C1C(Cc2ccccc2Br)c2ccccc2N1Cc1ccccc1. The Balaban J connectivity index is 1.68. The van der Waals surface area contributed by atoms with Gasteiger partial charge < -0.3 is 4.90 Å². The van der Waals surface area contributed by atoms with Crippen molar-refractivity contribution < 1.29 is 4.79 Å². The van der Waals surface area contributed by atoms with Crippen LogP contribution in [0.15, 0.2) is 83.3 Å². The van der Waals surface area contributed by atoms with Crippen molar-refractivity contribution in [2.24, 2.45) is 0 Å². The lowest BCUT2D eigenvalue weighted by molar-refractivity contribution is -0.119. The summed E-state index contributed by atoms with van der Waals surface area (Å²) in [4.78, 5) is 15.1. The lowest BCUT2D eigenvalue weighted by Gasteiger charge is -2.18. The van der Waals surface area contributed by atoms with Gasteiger partial charge in [-0.3, -0.25) is 4.79 Å². The smallest absolute Gasteiger partial charge is 0.235 e. The van der Waals surface area contributed by atoms with Gasteiger partial charge in [-0.15, -0.1) is 0 Å². The summed E-state index contributed by atoms with van der Waals surface area (Å²) in [6.07, 6.45) is 0.711. The lowest BCUT2D eigenvalue weighted by Crippen LogP contribution is -2.29. The molecule has 1 aliphatic heterocycles. The van der Waals surface area contributed by atoms with Crippen LogP contribution in [0.25, 0.3) is 0 Å². The molecule has 1 atom stereocenters. The van der Waals surface area contributed by atoms with Crippen molar-refractivity contribution in [3.8, 4) is 0 Å². The fraction of sp³-hybridized carbons (Fsp3) is 0.136. The molecule has 1 aliphatic rings. The van der Waals surface area contributed by atoms with Crippen molar-refractivity contribution in [2.45, 2.75) is 18.9 Å². The Morgan fingerprint density at radius 3 is 2.32 bits per heavy atom. The average molecular weight is 392 g/mol. The number of rotatable bonds is 4. The third-order valence-electron chi connectivity index (χ3n) is 4.73. The standard InChI is InChI=1S/C22H18BrNO/c23-20-12-6-4-10-17(20)14-19-18-11-5-7-13-21(18)24(22(19)25)15-16-8-2-1-3-9-16/h1-13,19H,14-15H2. The van der Waals surface area contributed by atoms with Crippen LogP contribution >= 0.6 is 15.9 Å². The number of carbonyl (C=O) groups excluding carboxylic acids is 1. The number of anilines is 1. The molecule has 3 heteroatoms. The van der Waals surface area contributed by atoms with Crippen LogP contribution in [0.1, 0.15) is 22.6 Å². The molecule has 0 N–H and O–H groups in total. The summed E-state index contributed by atoms with van der Waals surface area (Å²) in [5.41, 5.74) is 4.47. The van der Waals surface area contributed by atoms with Gasteiger partial charge >= 0.3 is 0 Å². The molecular weight excluding hydrogens is 374 g/mol. The molecule has 25 heavy (non-hydrogen) atoms. The van der Waals surface area contributed by atoms with Gasteiger partial charge in [0, 0.05) is 10.2 Å². The minimum Gasteiger partial charge on any atom is -0.307 e. The van der Waals surface area contributed by atoms with Gasteiger partial charge in [0.1, 0.15) is 0 Å². The number of carbonyl (C=O) groups is 1. The Kier molecular flexibility index (Phi) is 4.41. The molecule has 2 nitrogen and oxygen atoms in total. The molecule has 1 unspecified atom stereocenters. The van der Waals surface area contributed by atoms with E-state index in [1.54, 1.807) is 0 Å². The summed E-state index contributed by atoms with van der Waals surface area (Å²) >= 11 is 3.61. The van der Waals surface area contributed by atoms with Gasteiger partial charge in [-0.2, -0.15) is 0 Å². The highest BCUT2D eigenvalue weighted by Crippen LogP contribution is 2.40. The molecule has 0 saturated heterocycles. The molecule has 0 saturated carbocycles. The third-order valence-corrected chi connectivity index (χ3v) is 5.51. The summed E-state index contributed by atoms with van der Waals surface area (Å²) in [6, 6.07) is 26.5. The van der Waals surface area contributed by atoms with Crippen molar-refractivity contribution >= 4 is 27.5 Å². The van der Waals surface area contributed by atoms with Crippen LogP contribution in [0, 0.1) is 0 Å². The number of halogens is 1. The number of nitrogens with zero attached hydrogens (tertiary/aromatic N) is 1. The summed E-state index contributed by atoms with van der Waals surface area (Å²) in [7, 11) is 0. The first-order chi connectivity index (χ1) is 12.2. The number of para-hydroxylation sites is 1. The monoisotopic (exact) mass is 391 g/mol. The van der Waals surface area contributed by atoms with E-state index in [1.807, 2.05) is 53.4 Å². The molecular formula is C22H18BrNO. The third kappa shape index (κ3) is 3.12. The van der Waals surface area contributed by atoms with Crippen LogP contribution in [0.4, 0.5) is 5.69 Å². The quantitative estimate of drug-likeness (QED) is 0.588. The van der Waals surface area contributed by atoms with Crippen LogP contribution in [-0.4, -0.2) is 5.91 Å². The Labute approximate surface area is 156 Å². The van der Waals surface area contributed by atoms with Crippen molar-refractivity contribution in [3.63, 3.8) is 0 Å². The molecule has 0 radical (unpaired) electrons. The summed E-state index contributed by atoms with van der Waals surface area (Å²) < 4.78 is 1.06. The molecule has 3 aromatic carbocycles. The molecule has 3 aromatic rings. The van der Waals surface area contributed by atoms with E-state index in [9.17, 15) is 4.79 Å². The number of hydrogen-bond donors (Lipinski definition) is 0. The Morgan fingerprint density at radius 1 is 0.840 bits per heavy atom. The highest BCUT2D eigenvalue weighted by atomic mass is 79.9. The molecule has 1 heterocycles. The summed E-state index contributed by atoms with van der Waals surface area (Å²) in [6.45, 7) is 0.614. The second kappa shape index (κ2) is 6.85. The first-order valence-corrected chi connectivity index (χ1v) is 9.21. The molecule has 4 rings (SSSR count). The highest BCUT2D eigenvalue weighted by Gasteiger charge is 2.37. The van der Waals surface area contributed by atoms with Gasteiger partial charge in [-0.05, 0) is 35.2 Å². The van der Waals surface area contributed by atoms with E-state index in [2.05, 4.69) is 46.3 Å². The molecule has 0 fully saturated rings. The van der Waals surface area contributed by atoms with E-state index < -0.39 is 0 Å². The molecule has 124 valence electrons. The Bertz CT molecular complexity index is 907. The first-order valence-electron chi connectivity index (χ1n) is 8.41. The van der Waals surface area contributed by atoms with Gasteiger partial charge in [-0.25, -0.2) is 0 Å². The van der Waals surface area contributed by atoms with E-state index in [0.29, 0.717) is 13.0 Å². The zero-order valence-electron chi connectivity index (χ0n) is 13.7. The Morgan fingerprint density at radius 2 is 1.52 bits per heavy atom. The van der Waals surface area contributed by atoms with E-state index in [0.717, 1.165) is 26.9 Å². The van der Waals surface area contributed by atoms with Crippen molar-refractivity contribution in [2.75, 3.05) is 4.90 Å². The second-order valence-electron chi connectivity index (χ2n) is 6.32. The molecule has 0 aliphatic carbocycles. The van der Waals surface area contributed by atoms with Gasteiger partial charge in [0.2, 0.25) is 5.91 Å². The van der Waals surface area contributed by atoms with Crippen LogP contribution in [0.5, 0.6) is 0 Å². The number of amides is 1. The minimum absolute atomic E-state index is 0.126. The van der Waals surface area contributed by atoms with Gasteiger partial charge in [0.15, 0.2) is 0 Å². The Hall–Kier alpha value is -2.39. The topological polar surface area (TPSA) is 20.3 Å². The van der Waals surface area contributed by atoms with Crippen molar-refractivity contribution in [1.82, 2.24) is 0 Å². The van der Waals surface area contributed by atoms with Gasteiger partial charge in [0.05, 0.1) is 12.5 Å². The van der Waals surface area contributed by atoms with E-state index >= 15 is 0 Å². The van der Waals surface area contributed by atoms with Crippen LogP contribution in [-0.2, 0) is 17.8 Å². The van der Waals surface area contributed by atoms with Gasteiger partial charge in [0.25, 0.3) is 0 Å². The summed E-state index contributed by atoms with van der Waals surface area (Å²) in [5, 5.41) is 0. The molecule has 0 bridgehead atoms. The average Bonchev–Trinajstić information content (AvgIpc) is 2.90. The minimum atomic E-state index is -0.126. The maximum absolute atomic E-state index is 13.2. The van der Waals surface area contributed by atoms with E-state index in [1.165, 1.54) is 0 Å². The first kappa shape index (κ1) is 16.1. The van der Waals surface area contributed by atoms with Crippen molar-refractivity contribution in [3.05, 3.63) is 100 Å². The van der Waals surface area contributed by atoms with Crippen LogP contribution in [0.3, 0.4) is 0 Å². The summed E-state index contributed by atoms with van der Waals surface area (Å²) in [5.74, 6) is 0.0550. The van der Waals surface area contributed by atoms with Crippen LogP contribution in [0.2, 0.25) is 0 Å². The maximum atomic E-state index is 13.2. The predicted octanol–water partition coefficient (Wildman–Crippen LogP) is 5.32. The van der Waals surface area contributed by atoms with Crippen molar-refractivity contribution in [1.29, 1.82) is 0 Å². The molecule has 0 aromatic heterocycles. The number of benzene rings is 3. The number of fused-ring (bicyclic) bond motifs is 1. The normalized spacial score (nSPS) is 16.1. The van der Waals surface area contributed by atoms with E-state index in [4.69, 9.17) is 0 Å². The zero-order valence-corrected chi connectivity index (χ0v) is 15.3. The largest absolute Gasteiger partial charge is 0.307 e. The number of hydrogen-bond acceptors (Lipinski definition) is 1. The lowest BCUT2D eigenvalue weighted by atomic mass is 9.93. The van der Waals surface area contributed by atoms with Gasteiger partial charge in [-0.1, -0.05) is 82.7 Å². The maximum Gasteiger partial charge on any atom is 0.235 e. The zero-order chi connectivity index (χ0) is 17.2. The molecule has 1 amide bonds. The van der Waals surface area contributed by atoms with E-state index in [-0.39, 0.29) is 11.8 Å². The molecule has 0 spiro atoms. The predicted molar refractivity (Wildman–Crippen MR) is 105 cm³/mol. The fourth-order valence-corrected chi connectivity index (χ4v) is 3.92. The highest BCUT2D eigenvalue weighted by molar-refractivity contribution is 9.10. The fourth-order valence-electron chi connectivity index (χ4n) is 3.48. The van der Waals surface area contributed by atoms with Crippen LogP contribution < -0.4 is 4.90 Å².